The largest absolute Gasteiger partial charge is 0.385 e. The van der Waals surface area contributed by atoms with Gasteiger partial charge in [-0.2, -0.15) is 4.31 Å². The van der Waals surface area contributed by atoms with Gasteiger partial charge in [-0.15, -0.1) is 0 Å². The van der Waals surface area contributed by atoms with Gasteiger partial charge in [0.1, 0.15) is 6.10 Å². The number of ether oxygens (including phenoxy) is 1. The van der Waals surface area contributed by atoms with Crippen molar-refractivity contribution in [2.24, 2.45) is 0 Å². The van der Waals surface area contributed by atoms with Crippen LogP contribution in [0.4, 0.5) is 0 Å². The molecule has 0 aliphatic rings. The number of carbonyl (C=O) groups is 1. The van der Waals surface area contributed by atoms with Crippen molar-refractivity contribution in [3.05, 3.63) is 137 Å². The highest BCUT2D eigenvalue weighted by Crippen LogP contribution is 2.40. The summed E-state index contributed by atoms with van der Waals surface area (Å²) in [6.07, 6.45) is -2.33. The van der Waals surface area contributed by atoms with Crippen molar-refractivity contribution in [1.82, 2.24) is 4.31 Å². The van der Waals surface area contributed by atoms with Gasteiger partial charge >= 0.3 is 0 Å². The SMILES string of the molecule is CO[C@@H](C(=O)S[C@@H](c1ccccc1)[C@@H](C)N(Cc1ccccc1)S(=O)(=O)c1c(C)cc(C)cc1C)[C@@H](O)c1ccccc1. The molecule has 0 radical (unpaired) electrons. The van der Waals surface area contributed by atoms with E-state index < -0.39 is 33.5 Å². The Bertz CT molecular complexity index is 1590. The van der Waals surface area contributed by atoms with Crippen molar-refractivity contribution in [3.8, 4) is 0 Å². The first kappa shape index (κ1) is 32.6. The summed E-state index contributed by atoms with van der Waals surface area (Å²) in [5.41, 5.74) is 4.52. The fraction of sp³-hybridized carbons (Fsp3) is 0.286. The van der Waals surface area contributed by atoms with Gasteiger partial charge in [0.15, 0.2) is 6.10 Å². The molecule has 4 atom stereocenters. The van der Waals surface area contributed by atoms with Crippen molar-refractivity contribution >= 4 is 26.9 Å². The van der Waals surface area contributed by atoms with E-state index in [1.807, 2.05) is 107 Å². The summed E-state index contributed by atoms with van der Waals surface area (Å²) >= 11 is 0.993. The number of nitrogens with zero attached hydrogens (tertiary/aromatic N) is 1. The Kier molecular flexibility index (Phi) is 11.0. The number of hydrogen-bond donors (Lipinski definition) is 1. The third-order valence-corrected chi connectivity index (χ3v) is 11.2. The van der Waals surface area contributed by atoms with Crippen LogP contribution < -0.4 is 0 Å². The first-order valence-corrected chi connectivity index (χ1v) is 16.5. The van der Waals surface area contributed by atoms with Gasteiger partial charge in [0.05, 0.1) is 10.1 Å². The Morgan fingerprint density at radius 2 is 1.33 bits per heavy atom. The molecule has 0 saturated carbocycles. The van der Waals surface area contributed by atoms with Crippen LogP contribution in [0.15, 0.2) is 108 Å². The lowest BCUT2D eigenvalue weighted by molar-refractivity contribution is -0.126. The van der Waals surface area contributed by atoms with E-state index in [4.69, 9.17) is 4.74 Å². The molecule has 0 aliphatic heterocycles. The molecule has 0 amide bonds. The van der Waals surface area contributed by atoms with E-state index in [-0.39, 0.29) is 16.6 Å². The van der Waals surface area contributed by atoms with Crippen LogP contribution in [0.2, 0.25) is 0 Å². The van der Waals surface area contributed by atoms with Crippen LogP contribution in [-0.4, -0.2) is 42.2 Å². The minimum atomic E-state index is -4.02. The molecule has 6 nitrogen and oxygen atoms in total. The lowest BCUT2D eigenvalue weighted by atomic mass is 10.1. The quantitative estimate of drug-likeness (QED) is 0.185. The van der Waals surface area contributed by atoms with Crippen molar-refractivity contribution in [3.63, 3.8) is 0 Å². The number of aryl methyl sites for hydroxylation is 3. The van der Waals surface area contributed by atoms with Gasteiger partial charge in [0.2, 0.25) is 15.1 Å². The molecular weight excluding hydrogens is 579 g/mol. The normalized spacial score (nSPS) is 14.7. The van der Waals surface area contributed by atoms with Crippen LogP contribution in [0.5, 0.6) is 0 Å². The lowest BCUT2D eigenvalue weighted by Crippen LogP contribution is -2.42. The van der Waals surface area contributed by atoms with Crippen molar-refractivity contribution in [1.29, 1.82) is 0 Å². The van der Waals surface area contributed by atoms with Crippen molar-refractivity contribution < 1.29 is 23.1 Å². The molecule has 0 spiro atoms. The molecule has 1 N–H and O–H groups in total. The molecule has 0 saturated heterocycles. The topological polar surface area (TPSA) is 83.9 Å². The number of aliphatic hydroxyl groups excluding tert-OH is 1. The average molecular weight is 618 g/mol. The van der Waals surface area contributed by atoms with Gasteiger partial charge in [-0.05, 0) is 55.5 Å². The molecule has 43 heavy (non-hydrogen) atoms. The maximum Gasteiger partial charge on any atom is 0.244 e. The van der Waals surface area contributed by atoms with Crippen molar-refractivity contribution in [2.45, 2.75) is 62.6 Å². The zero-order valence-electron chi connectivity index (χ0n) is 25.2. The van der Waals surface area contributed by atoms with Gasteiger partial charge in [0.25, 0.3) is 0 Å². The highest BCUT2D eigenvalue weighted by atomic mass is 32.2. The minimum Gasteiger partial charge on any atom is -0.385 e. The number of thioether (sulfide) groups is 1. The number of sulfonamides is 1. The molecule has 0 heterocycles. The molecule has 226 valence electrons. The third kappa shape index (κ3) is 7.63. The number of benzene rings is 4. The van der Waals surface area contributed by atoms with E-state index in [0.717, 1.165) is 28.5 Å². The Labute approximate surface area is 259 Å². The highest BCUT2D eigenvalue weighted by molar-refractivity contribution is 8.14. The summed E-state index contributed by atoms with van der Waals surface area (Å²) in [5.74, 6) is 0. The highest BCUT2D eigenvalue weighted by Gasteiger charge is 2.39. The first-order chi connectivity index (χ1) is 20.5. The van der Waals surface area contributed by atoms with Gasteiger partial charge < -0.3 is 9.84 Å². The van der Waals surface area contributed by atoms with E-state index >= 15 is 0 Å². The third-order valence-electron chi connectivity index (χ3n) is 7.53. The van der Waals surface area contributed by atoms with E-state index in [2.05, 4.69) is 0 Å². The summed E-state index contributed by atoms with van der Waals surface area (Å²) < 4.78 is 36.2. The lowest BCUT2D eigenvalue weighted by Gasteiger charge is -2.35. The zero-order valence-corrected chi connectivity index (χ0v) is 26.8. The number of hydrogen-bond acceptors (Lipinski definition) is 6. The summed E-state index contributed by atoms with van der Waals surface area (Å²) in [6.45, 7) is 7.55. The standard InChI is InChI=1S/C35H39NO5S2/c1-24-21-25(2)34(26(3)22-24)43(39,40)36(23-28-15-9-6-10-16-28)27(4)33(30-19-13-8-14-20-30)42-35(38)32(41-5)31(37)29-17-11-7-12-18-29/h6-22,27,31-33,37H,23H2,1-5H3/t27-,31+,32-,33-/m1/s1. The summed E-state index contributed by atoms with van der Waals surface area (Å²) in [5, 5.41) is 10.1. The number of rotatable bonds is 12. The minimum absolute atomic E-state index is 0.121. The van der Waals surface area contributed by atoms with Crippen LogP contribution in [0.25, 0.3) is 0 Å². The monoisotopic (exact) mass is 617 g/mol. The summed E-state index contributed by atoms with van der Waals surface area (Å²) in [6, 6.07) is 30.9. The number of carbonyl (C=O) groups excluding carboxylic acids is 1. The Hall–Kier alpha value is -3.27. The fourth-order valence-corrected chi connectivity index (χ4v) is 8.88. The second-order valence-corrected chi connectivity index (χ2v) is 13.8. The van der Waals surface area contributed by atoms with Gasteiger partial charge in [-0.3, -0.25) is 4.79 Å². The molecule has 4 aromatic rings. The van der Waals surface area contributed by atoms with Gasteiger partial charge in [-0.1, -0.05) is 120 Å². The molecule has 8 heteroatoms. The fourth-order valence-electron chi connectivity index (χ4n) is 5.51. The van der Waals surface area contributed by atoms with E-state index in [0.29, 0.717) is 16.7 Å². The summed E-state index contributed by atoms with van der Waals surface area (Å²) in [4.78, 5) is 14.1. The molecule has 0 fully saturated rings. The first-order valence-electron chi connectivity index (χ1n) is 14.2. The molecule has 0 aromatic heterocycles. The molecule has 4 rings (SSSR count). The predicted molar refractivity (Wildman–Crippen MR) is 173 cm³/mol. The maximum atomic E-state index is 14.6. The molecule has 4 aromatic carbocycles. The van der Waals surface area contributed by atoms with Gasteiger partial charge in [0, 0.05) is 19.7 Å². The van der Waals surface area contributed by atoms with E-state index in [9.17, 15) is 18.3 Å². The Balaban J connectivity index is 1.78. The van der Waals surface area contributed by atoms with Crippen LogP contribution in [0.1, 0.15) is 51.7 Å². The average Bonchev–Trinajstić information content (AvgIpc) is 2.99. The molecular formula is C35H39NO5S2. The molecule has 0 aliphatic carbocycles. The number of aliphatic hydroxyl groups is 1. The van der Waals surface area contributed by atoms with Crippen LogP contribution in [0, 0.1) is 20.8 Å². The molecule has 0 bridgehead atoms. The predicted octanol–water partition coefficient (Wildman–Crippen LogP) is 6.94. The van der Waals surface area contributed by atoms with Gasteiger partial charge in [-0.25, -0.2) is 8.42 Å². The van der Waals surface area contributed by atoms with E-state index in [1.54, 1.807) is 24.3 Å². The van der Waals surface area contributed by atoms with Crippen LogP contribution >= 0.6 is 11.8 Å². The van der Waals surface area contributed by atoms with Crippen molar-refractivity contribution in [2.75, 3.05) is 7.11 Å². The maximum absolute atomic E-state index is 14.6. The second-order valence-electron chi connectivity index (χ2n) is 10.8. The molecule has 0 unspecified atom stereocenters. The van der Waals surface area contributed by atoms with Crippen LogP contribution in [-0.2, 0) is 26.1 Å². The zero-order chi connectivity index (χ0) is 31.1. The Morgan fingerprint density at radius 3 is 1.84 bits per heavy atom. The van der Waals surface area contributed by atoms with E-state index in [1.165, 1.54) is 11.4 Å². The number of methoxy groups -OCH3 is 1. The Morgan fingerprint density at radius 1 is 0.837 bits per heavy atom. The summed E-state index contributed by atoms with van der Waals surface area (Å²) in [7, 11) is -2.63. The second kappa shape index (κ2) is 14.5. The van der Waals surface area contributed by atoms with Crippen LogP contribution in [0.3, 0.4) is 0 Å². The smallest absolute Gasteiger partial charge is 0.244 e.